The standard InChI is InChI=1S/C12H12F13N3S/c1-5(2)27-28-6(26)29-4-3-7(13,14)8(15,16)9(17,18)10(19,20)11(21,22)12(23,24)25/h3-4H2,1-2H3,(H2,26,28). The highest BCUT2D eigenvalue weighted by Crippen LogP contribution is 2.60. The van der Waals surface area contributed by atoms with Crippen LogP contribution in [0.4, 0.5) is 57.1 Å². The number of amidine groups is 1. The smallest absolute Gasteiger partial charge is 0.277 e. The summed E-state index contributed by atoms with van der Waals surface area (Å²) in [6, 6.07) is 0. The van der Waals surface area contributed by atoms with E-state index >= 15 is 0 Å². The van der Waals surface area contributed by atoms with Gasteiger partial charge in [0.2, 0.25) is 0 Å². The van der Waals surface area contributed by atoms with Crippen LogP contribution in [-0.4, -0.2) is 52.4 Å². The van der Waals surface area contributed by atoms with Crippen molar-refractivity contribution >= 4 is 22.6 Å². The molecule has 0 atom stereocenters. The van der Waals surface area contributed by atoms with Gasteiger partial charge in [-0.15, -0.1) is 0 Å². The highest BCUT2D eigenvalue weighted by molar-refractivity contribution is 8.13. The van der Waals surface area contributed by atoms with Gasteiger partial charge in [0.15, 0.2) is 5.17 Å². The van der Waals surface area contributed by atoms with E-state index in [0.717, 1.165) is 0 Å². The average molecular weight is 477 g/mol. The number of rotatable bonds is 8. The molecule has 17 heteroatoms. The predicted molar refractivity (Wildman–Crippen MR) is 77.5 cm³/mol. The summed E-state index contributed by atoms with van der Waals surface area (Å²) in [5.41, 5.74) is 2.23. The average Bonchev–Trinajstić information content (AvgIpc) is 2.50. The molecule has 0 aromatic carbocycles. The monoisotopic (exact) mass is 477 g/mol. The third-order valence-electron chi connectivity index (χ3n) is 3.04. The summed E-state index contributed by atoms with van der Waals surface area (Å²) in [5, 5.41) is 9.77. The van der Waals surface area contributed by atoms with Crippen molar-refractivity contribution in [1.82, 2.24) is 5.43 Å². The van der Waals surface area contributed by atoms with E-state index in [9.17, 15) is 57.1 Å². The van der Waals surface area contributed by atoms with Crippen molar-refractivity contribution in [3.05, 3.63) is 0 Å². The molecule has 0 aromatic rings. The van der Waals surface area contributed by atoms with Crippen molar-refractivity contribution in [3.63, 3.8) is 0 Å². The van der Waals surface area contributed by atoms with E-state index in [0.29, 0.717) is 5.71 Å². The molecule has 0 amide bonds. The van der Waals surface area contributed by atoms with Gasteiger partial charge in [0.1, 0.15) is 0 Å². The lowest BCUT2D eigenvalue weighted by Gasteiger charge is -2.39. The molecule has 29 heavy (non-hydrogen) atoms. The summed E-state index contributed by atoms with van der Waals surface area (Å²) >= 11 is -0.0194. The van der Waals surface area contributed by atoms with Crippen LogP contribution in [0.1, 0.15) is 20.3 Å². The highest BCUT2D eigenvalue weighted by atomic mass is 32.2. The van der Waals surface area contributed by atoms with Crippen LogP contribution in [0.2, 0.25) is 0 Å². The van der Waals surface area contributed by atoms with Crippen molar-refractivity contribution < 1.29 is 57.1 Å². The van der Waals surface area contributed by atoms with E-state index in [1.165, 1.54) is 13.8 Å². The van der Waals surface area contributed by atoms with Gasteiger partial charge in [-0.25, -0.2) is 0 Å². The van der Waals surface area contributed by atoms with Gasteiger partial charge in [-0.05, 0) is 13.8 Å². The fraction of sp³-hybridized carbons (Fsp3) is 0.833. The summed E-state index contributed by atoms with van der Waals surface area (Å²) in [7, 11) is 0. The lowest BCUT2D eigenvalue weighted by atomic mass is 9.93. The molecule has 0 saturated heterocycles. The molecule has 0 heterocycles. The van der Waals surface area contributed by atoms with Gasteiger partial charge in [-0.3, -0.25) is 10.8 Å². The van der Waals surface area contributed by atoms with Crippen LogP contribution in [0.25, 0.3) is 0 Å². The second-order valence-electron chi connectivity index (χ2n) is 5.60. The highest BCUT2D eigenvalue weighted by Gasteiger charge is 2.90. The van der Waals surface area contributed by atoms with Crippen molar-refractivity contribution in [1.29, 1.82) is 5.41 Å². The lowest BCUT2D eigenvalue weighted by Crippen LogP contribution is -2.70. The van der Waals surface area contributed by atoms with Crippen LogP contribution in [0.3, 0.4) is 0 Å². The van der Waals surface area contributed by atoms with Gasteiger partial charge in [0.25, 0.3) is 0 Å². The predicted octanol–water partition coefficient (Wildman–Crippen LogP) is 5.77. The molecule has 0 aliphatic heterocycles. The van der Waals surface area contributed by atoms with Gasteiger partial charge in [-0.2, -0.15) is 62.2 Å². The van der Waals surface area contributed by atoms with Crippen molar-refractivity contribution in [2.75, 3.05) is 5.75 Å². The van der Waals surface area contributed by atoms with Crippen molar-refractivity contribution in [3.8, 4) is 0 Å². The van der Waals surface area contributed by atoms with Gasteiger partial charge in [0.05, 0.1) is 0 Å². The molecule has 0 spiro atoms. The first-order chi connectivity index (χ1) is 12.6. The van der Waals surface area contributed by atoms with Crippen molar-refractivity contribution in [2.24, 2.45) is 5.10 Å². The fourth-order valence-electron chi connectivity index (χ4n) is 1.44. The molecule has 0 rings (SSSR count). The van der Waals surface area contributed by atoms with Crippen LogP contribution in [0.5, 0.6) is 0 Å². The maximum atomic E-state index is 13.5. The largest absolute Gasteiger partial charge is 0.460 e. The minimum absolute atomic E-state index is 0.0194. The normalized spacial score (nSPS) is 14.6. The third kappa shape index (κ3) is 5.20. The van der Waals surface area contributed by atoms with E-state index in [4.69, 9.17) is 5.41 Å². The molecule has 0 aliphatic rings. The Kier molecular flexibility index (Phi) is 7.96. The van der Waals surface area contributed by atoms with Crippen LogP contribution in [-0.2, 0) is 0 Å². The number of hydrogen-bond acceptors (Lipinski definition) is 3. The fourth-order valence-corrected chi connectivity index (χ4v) is 2.11. The molecule has 0 radical (unpaired) electrons. The zero-order valence-electron chi connectivity index (χ0n) is 14.2. The first-order valence-corrected chi connectivity index (χ1v) is 7.99. The molecule has 172 valence electrons. The molecule has 0 saturated carbocycles. The summed E-state index contributed by atoms with van der Waals surface area (Å²) in [6.45, 7) is 2.83. The Labute approximate surface area is 158 Å². The zero-order chi connectivity index (χ0) is 23.7. The van der Waals surface area contributed by atoms with E-state index in [1.54, 1.807) is 0 Å². The topological polar surface area (TPSA) is 48.2 Å². The molecule has 3 nitrogen and oxygen atoms in total. The SMILES string of the molecule is CC(C)=NNC(=N)SCCC(F)(F)C(F)(F)C(F)(F)C(F)(F)C(F)(F)C(F)(F)F. The number of hydrazone groups is 1. The summed E-state index contributed by atoms with van der Waals surface area (Å²) < 4.78 is 167. The molecular weight excluding hydrogens is 465 g/mol. The summed E-state index contributed by atoms with van der Waals surface area (Å²) in [4.78, 5) is 0. The molecular formula is C12H12F13N3S. The first kappa shape index (κ1) is 27.6. The van der Waals surface area contributed by atoms with E-state index < -0.39 is 53.1 Å². The maximum absolute atomic E-state index is 13.5. The van der Waals surface area contributed by atoms with Crippen LogP contribution in [0.15, 0.2) is 5.10 Å². The Morgan fingerprint density at radius 1 is 0.759 bits per heavy atom. The van der Waals surface area contributed by atoms with E-state index in [2.05, 4.69) is 5.10 Å². The second kappa shape index (κ2) is 8.37. The number of thioether (sulfide) groups is 1. The molecule has 2 N–H and O–H groups in total. The third-order valence-corrected chi connectivity index (χ3v) is 3.83. The molecule has 0 aliphatic carbocycles. The Morgan fingerprint density at radius 2 is 1.17 bits per heavy atom. The van der Waals surface area contributed by atoms with Crippen LogP contribution >= 0.6 is 11.8 Å². The second-order valence-corrected chi connectivity index (χ2v) is 6.70. The van der Waals surface area contributed by atoms with Gasteiger partial charge >= 0.3 is 35.8 Å². The quantitative estimate of drug-likeness (QED) is 0.202. The summed E-state index contributed by atoms with van der Waals surface area (Å²) in [6.07, 6.45) is -9.80. The van der Waals surface area contributed by atoms with Gasteiger partial charge in [-0.1, -0.05) is 11.8 Å². The van der Waals surface area contributed by atoms with Gasteiger partial charge in [0, 0.05) is 17.9 Å². The number of hydrogen-bond donors (Lipinski definition) is 2. The van der Waals surface area contributed by atoms with Crippen LogP contribution < -0.4 is 5.43 Å². The van der Waals surface area contributed by atoms with Gasteiger partial charge < -0.3 is 0 Å². The molecule has 0 unspecified atom stereocenters. The van der Waals surface area contributed by atoms with Crippen LogP contribution in [0, 0.1) is 5.41 Å². The van der Waals surface area contributed by atoms with E-state index in [-0.39, 0.29) is 11.8 Å². The zero-order valence-corrected chi connectivity index (χ0v) is 15.0. The maximum Gasteiger partial charge on any atom is 0.460 e. The Hall–Kier alpha value is -1.42. The minimum atomic E-state index is -7.90. The number of alkyl halides is 13. The van der Waals surface area contributed by atoms with E-state index in [1.807, 2.05) is 5.43 Å². The minimum Gasteiger partial charge on any atom is -0.277 e. The molecule has 0 bridgehead atoms. The first-order valence-electron chi connectivity index (χ1n) is 7.00. The molecule has 0 aromatic heterocycles. The Morgan fingerprint density at radius 3 is 1.55 bits per heavy atom. The lowest BCUT2D eigenvalue weighted by molar-refractivity contribution is -0.439. The molecule has 0 fully saturated rings. The Balaban J connectivity index is 5.60. The number of nitrogens with zero attached hydrogens (tertiary/aromatic N) is 1. The Bertz CT molecular complexity index is 623. The number of nitrogens with one attached hydrogen (secondary N) is 2. The van der Waals surface area contributed by atoms with Crippen molar-refractivity contribution in [2.45, 2.75) is 56.1 Å². The summed E-state index contributed by atoms with van der Waals surface area (Å²) in [5.74, 6) is -38.2. The number of halogens is 13.